The number of carbonyl (C=O) groups is 1. The number of alkyl halides is 3. The number of fused-ring (bicyclic) bond motifs is 3. The van der Waals surface area contributed by atoms with Gasteiger partial charge in [0.2, 0.25) is 5.88 Å². The first-order valence-electron chi connectivity index (χ1n) is 11.3. The van der Waals surface area contributed by atoms with Gasteiger partial charge in [0, 0.05) is 12.7 Å². The third-order valence-electron chi connectivity index (χ3n) is 6.68. The summed E-state index contributed by atoms with van der Waals surface area (Å²) in [4.78, 5) is 28.1. The number of amides is 1. The van der Waals surface area contributed by atoms with Gasteiger partial charge in [-0.3, -0.25) is 9.20 Å². The minimum absolute atomic E-state index is 0.00621. The van der Waals surface area contributed by atoms with Gasteiger partial charge in [0.1, 0.15) is 23.5 Å². The van der Waals surface area contributed by atoms with E-state index in [4.69, 9.17) is 4.74 Å². The number of likely N-dealkylation sites (tertiary alicyclic amines) is 1. The summed E-state index contributed by atoms with van der Waals surface area (Å²) >= 11 is 0. The van der Waals surface area contributed by atoms with Gasteiger partial charge in [0.05, 0.1) is 11.9 Å². The fourth-order valence-corrected chi connectivity index (χ4v) is 5.08. The van der Waals surface area contributed by atoms with Crippen molar-refractivity contribution in [3.63, 3.8) is 0 Å². The monoisotopic (exact) mass is 479 g/mol. The van der Waals surface area contributed by atoms with E-state index < -0.39 is 17.4 Å². The number of halogens is 3. The first-order valence-corrected chi connectivity index (χ1v) is 11.3. The third kappa shape index (κ3) is 3.35. The third-order valence-corrected chi connectivity index (χ3v) is 6.68. The first-order chi connectivity index (χ1) is 16.9. The second-order valence-corrected chi connectivity index (χ2v) is 8.73. The van der Waals surface area contributed by atoms with Crippen LogP contribution in [0.1, 0.15) is 46.8 Å². The molecule has 3 aromatic rings. The zero-order valence-electron chi connectivity index (χ0n) is 18.5. The Balaban J connectivity index is 1.48. The van der Waals surface area contributed by atoms with Crippen molar-refractivity contribution < 1.29 is 22.7 Å². The van der Waals surface area contributed by atoms with Crippen LogP contribution in [0.2, 0.25) is 0 Å². The molecule has 3 aliphatic rings. The van der Waals surface area contributed by atoms with E-state index >= 15 is 0 Å². The van der Waals surface area contributed by atoms with E-state index in [0.29, 0.717) is 43.3 Å². The van der Waals surface area contributed by atoms with Crippen LogP contribution in [0.5, 0.6) is 5.88 Å². The van der Waals surface area contributed by atoms with E-state index in [1.165, 1.54) is 0 Å². The van der Waals surface area contributed by atoms with Crippen LogP contribution in [0.15, 0.2) is 61.0 Å². The van der Waals surface area contributed by atoms with Crippen LogP contribution in [0, 0.1) is 0 Å². The maximum Gasteiger partial charge on any atom is 0.434 e. The molecular weight excluding hydrogens is 459 g/mol. The highest BCUT2D eigenvalue weighted by Gasteiger charge is 2.54. The number of pyridine rings is 1. The van der Waals surface area contributed by atoms with Gasteiger partial charge in [-0.25, -0.2) is 15.0 Å². The van der Waals surface area contributed by atoms with Crippen LogP contribution < -0.4 is 4.74 Å². The highest BCUT2D eigenvalue weighted by molar-refractivity contribution is 5.99. The molecule has 1 amide bonds. The molecule has 0 bridgehead atoms. The van der Waals surface area contributed by atoms with Gasteiger partial charge in [-0.15, -0.1) is 0 Å². The normalized spacial score (nSPS) is 21.3. The van der Waals surface area contributed by atoms with Gasteiger partial charge in [0.15, 0.2) is 11.4 Å². The lowest BCUT2D eigenvalue weighted by atomic mass is 9.93. The zero-order valence-corrected chi connectivity index (χ0v) is 18.5. The summed E-state index contributed by atoms with van der Waals surface area (Å²) in [5.74, 6) is -0.329. The Bertz CT molecular complexity index is 1440. The molecule has 178 valence electrons. The predicted molar refractivity (Wildman–Crippen MR) is 121 cm³/mol. The van der Waals surface area contributed by atoms with Gasteiger partial charge < -0.3 is 9.64 Å². The molecule has 1 spiro atoms. The summed E-state index contributed by atoms with van der Waals surface area (Å²) in [6.07, 6.45) is 9.20. The van der Waals surface area contributed by atoms with Crippen LogP contribution in [-0.2, 0) is 11.7 Å². The summed E-state index contributed by atoms with van der Waals surface area (Å²) in [6, 6.07) is 5.52. The summed E-state index contributed by atoms with van der Waals surface area (Å²) in [6.45, 7) is 0.359. The summed E-state index contributed by atoms with van der Waals surface area (Å²) in [5, 5.41) is 0. The average molecular weight is 479 g/mol. The van der Waals surface area contributed by atoms with E-state index in [2.05, 4.69) is 15.0 Å². The van der Waals surface area contributed by atoms with Crippen LogP contribution in [0.4, 0.5) is 13.2 Å². The average Bonchev–Trinajstić information content (AvgIpc) is 3.49. The van der Waals surface area contributed by atoms with E-state index in [1.54, 1.807) is 4.90 Å². The fourth-order valence-electron chi connectivity index (χ4n) is 5.08. The molecule has 1 fully saturated rings. The van der Waals surface area contributed by atoms with Crippen LogP contribution >= 0.6 is 0 Å². The first kappa shape index (κ1) is 21.6. The Morgan fingerprint density at radius 3 is 2.89 bits per heavy atom. The Labute approximate surface area is 198 Å². The van der Waals surface area contributed by atoms with Gasteiger partial charge in [-0.05, 0) is 37.0 Å². The molecule has 0 unspecified atom stereocenters. The molecule has 0 radical (unpaired) electrons. The minimum Gasteiger partial charge on any atom is -0.473 e. The molecule has 5 heterocycles. The topological polar surface area (TPSA) is 72.6 Å². The van der Waals surface area contributed by atoms with Gasteiger partial charge in [-0.1, -0.05) is 36.4 Å². The molecule has 7 nitrogen and oxygen atoms in total. The van der Waals surface area contributed by atoms with Crippen molar-refractivity contribution in [3.8, 4) is 5.88 Å². The smallest absolute Gasteiger partial charge is 0.434 e. The molecule has 1 saturated heterocycles. The quantitative estimate of drug-likeness (QED) is 0.539. The molecule has 0 saturated carbocycles. The number of rotatable bonds is 2. The van der Waals surface area contributed by atoms with Crippen molar-refractivity contribution >= 4 is 17.1 Å². The van der Waals surface area contributed by atoms with Crippen molar-refractivity contribution in [1.82, 2.24) is 24.3 Å². The summed E-state index contributed by atoms with van der Waals surface area (Å²) in [5.41, 5.74) is 0.274. The Kier molecular flexibility index (Phi) is 4.80. The lowest BCUT2D eigenvalue weighted by Gasteiger charge is -2.33. The minimum atomic E-state index is -4.65. The van der Waals surface area contributed by atoms with Gasteiger partial charge in [-0.2, -0.15) is 13.2 Å². The van der Waals surface area contributed by atoms with Crippen molar-refractivity contribution in [2.45, 2.75) is 31.0 Å². The lowest BCUT2D eigenvalue weighted by Crippen LogP contribution is -2.47. The predicted octanol–water partition coefficient (Wildman–Crippen LogP) is 4.57. The number of nitrogens with zero attached hydrogens (tertiary/aromatic N) is 5. The highest BCUT2D eigenvalue weighted by atomic mass is 19.4. The molecule has 10 heteroatoms. The largest absolute Gasteiger partial charge is 0.473 e. The molecule has 0 N–H and O–H groups in total. The van der Waals surface area contributed by atoms with Gasteiger partial charge >= 0.3 is 6.18 Å². The van der Waals surface area contributed by atoms with E-state index in [0.717, 1.165) is 5.57 Å². The Morgan fingerprint density at radius 1 is 1.14 bits per heavy atom. The summed E-state index contributed by atoms with van der Waals surface area (Å²) < 4.78 is 47.7. The number of hydrogen-bond donors (Lipinski definition) is 0. The van der Waals surface area contributed by atoms with Crippen LogP contribution in [0.3, 0.4) is 0 Å². The molecule has 3 aromatic heterocycles. The van der Waals surface area contributed by atoms with Gasteiger partial charge in [0.25, 0.3) is 5.91 Å². The number of imidazole rings is 1. The number of allylic oxidation sites excluding steroid dienone is 6. The van der Waals surface area contributed by atoms with Crippen molar-refractivity contribution in [1.29, 1.82) is 0 Å². The molecule has 1 atom stereocenters. The molecule has 6 rings (SSSR count). The SMILES string of the molecule is O=C(c1nc2ccccn2c1C1=CC=CC=CC1)N1CCC[C@@]12COc1ncc(C(F)(F)F)nc12. The Hall–Kier alpha value is -3.95. The molecule has 35 heavy (non-hydrogen) atoms. The van der Waals surface area contributed by atoms with Crippen molar-refractivity contribution in [2.75, 3.05) is 13.2 Å². The fraction of sp³-hybridized carbons (Fsp3) is 0.280. The van der Waals surface area contributed by atoms with E-state index in [1.807, 2.05) is 59.2 Å². The molecule has 1 aliphatic carbocycles. The summed E-state index contributed by atoms with van der Waals surface area (Å²) in [7, 11) is 0. The van der Waals surface area contributed by atoms with Crippen molar-refractivity contribution in [3.05, 3.63) is 83.7 Å². The second-order valence-electron chi connectivity index (χ2n) is 8.73. The second kappa shape index (κ2) is 7.79. The maximum atomic E-state index is 14.1. The van der Waals surface area contributed by atoms with Crippen LogP contribution in [0.25, 0.3) is 11.2 Å². The van der Waals surface area contributed by atoms with E-state index in [-0.39, 0.29) is 29.8 Å². The van der Waals surface area contributed by atoms with Crippen LogP contribution in [-0.4, -0.2) is 43.3 Å². The van der Waals surface area contributed by atoms with E-state index in [9.17, 15) is 18.0 Å². The number of carbonyl (C=O) groups excluding carboxylic acids is 1. The zero-order chi connectivity index (χ0) is 24.2. The maximum absolute atomic E-state index is 14.1. The number of aromatic nitrogens is 4. The molecular formula is C25H20F3N5O2. The standard InChI is InChI=1S/C25H20F3N5O2/c26-25(27,28)17-14-29-22-21(30-17)24(15-35-22)11-7-13-33(24)23(34)19-20(16-8-3-1-2-4-9-16)32-12-6-5-10-18(32)31-19/h1-6,8,10,12,14H,7,9,11,13,15H2/t24-/m0/s1. The molecule has 2 aliphatic heterocycles. The highest BCUT2D eigenvalue weighted by Crippen LogP contribution is 2.47. The lowest BCUT2D eigenvalue weighted by molar-refractivity contribution is -0.141. The number of hydrogen-bond acceptors (Lipinski definition) is 5. The Morgan fingerprint density at radius 2 is 2.03 bits per heavy atom. The molecule has 0 aromatic carbocycles. The number of ether oxygens (including phenoxy) is 1. The van der Waals surface area contributed by atoms with Crippen molar-refractivity contribution in [2.24, 2.45) is 0 Å².